The van der Waals surface area contributed by atoms with E-state index >= 15 is 0 Å². The Morgan fingerprint density at radius 2 is 1.25 bits per heavy atom. The van der Waals surface area contributed by atoms with E-state index < -0.39 is 0 Å². The molecule has 0 aliphatic heterocycles. The van der Waals surface area contributed by atoms with Gasteiger partial charge in [-0.2, -0.15) is 0 Å². The maximum absolute atomic E-state index is 8.06. The van der Waals surface area contributed by atoms with Gasteiger partial charge in [-0.25, -0.2) is 0 Å². The van der Waals surface area contributed by atoms with Gasteiger partial charge in [0.1, 0.15) is 9.12 Å². The average Bonchev–Trinajstić information content (AvgIpc) is 1.00. The molecule has 0 radical (unpaired) electrons. The van der Waals surface area contributed by atoms with E-state index in [1.165, 1.54) is 0 Å². The van der Waals surface area contributed by atoms with Crippen molar-refractivity contribution in [1.29, 1.82) is 0 Å². The van der Waals surface area contributed by atoms with E-state index in [1.807, 2.05) is 0 Å². The van der Waals surface area contributed by atoms with Crippen molar-refractivity contribution in [2.45, 2.75) is 0 Å². The van der Waals surface area contributed by atoms with Crippen molar-refractivity contribution in [3.63, 3.8) is 0 Å². The molecule has 0 aliphatic carbocycles. The summed E-state index contributed by atoms with van der Waals surface area (Å²) < 4.78 is 8.06. The molecule has 18 valence electrons. The zero-order valence-corrected chi connectivity index (χ0v) is 5.58. The standard InChI is InChI=1S/Ca.HOP.Zn.2H/c;1-2;;;/h;2H;;;. The van der Waals surface area contributed by atoms with Crippen molar-refractivity contribution >= 4 is 46.9 Å². The van der Waals surface area contributed by atoms with E-state index in [2.05, 4.69) is 0 Å². The molecule has 0 bridgehead atoms. The topological polar surface area (TPSA) is 17.1 Å². The Bertz CT molecular complexity index is 8.00. The number of hydrogen-bond donors (Lipinski definition) is 0. The quantitative estimate of drug-likeness (QED) is 0.342. The molecule has 0 atom stereocenters. The van der Waals surface area contributed by atoms with Gasteiger partial charge in [0.25, 0.3) is 0 Å². The van der Waals surface area contributed by atoms with Crippen LogP contribution in [0, 0.1) is 0 Å². The van der Waals surface area contributed by atoms with Crippen molar-refractivity contribution in [2.75, 3.05) is 0 Å². The Morgan fingerprint density at radius 1 is 1.25 bits per heavy atom. The molecule has 0 fully saturated rings. The summed E-state index contributed by atoms with van der Waals surface area (Å²) in [5.41, 5.74) is 0. The van der Waals surface area contributed by atoms with Crippen molar-refractivity contribution in [2.24, 2.45) is 0 Å². The van der Waals surface area contributed by atoms with E-state index in [0.29, 0.717) is 0 Å². The Morgan fingerprint density at radius 3 is 1.25 bits per heavy atom. The molecular formula is H3CaOPZn. The Hall–Kier alpha value is 1.98. The van der Waals surface area contributed by atoms with Crippen molar-refractivity contribution < 1.29 is 24.0 Å². The van der Waals surface area contributed by atoms with Crippen LogP contribution in [0.1, 0.15) is 0 Å². The normalized spacial score (nSPS) is 1.00. The number of rotatable bonds is 0. The first-order chi connectivity index (χ1) is 1.00. The van der Waals surface area contributed by atoms with Crippen LogP contribution in [0.15, 0.2) is 0 Å². The predicted octanol–water partition coefficient (Wildman–Crippen LogP) is -0.444. The smallest absolute Gasteiger partial charge is 0 e. The van der Waals surface area contributed by atoms with E-state index in [0.717, 1.165) is 0 Å². The number of hydrogen-bond acceptors (Lipinski definition) is 1. The summed E-state index contributed by atoms with van der Waals surface area (Å²) in [5.74, 6) is 0. The molecule has 0 unspecified atom stereocenters. The van der Waals surface area contributed by atoms with Crippen LogP contribution >= 0.6 is 9.12 Å². The molecule has 0 aromatic rings. The second-order valence-electron chi connectivity index (χ2n) is 0. The van der Waals surface area contributed by atoms with Crippen LogP contribution in [-0.4, -0.2) is 37.7 Å². The van der Waals surface area contributed by atoms with Gasteiger partial charge in [-0.1, -0.05) is 0 Å². The second kappa shape index (κ2) is 20.1. The molecule has 4 heteroatoms. The van der Waals surface area contributed by atoms with E-state index in [4.69, 9.17) is 4.57 Å². The summed E-state index contributed by atoms with van der Waals surface area (Å²) >= 11 is 0. The third kappa shape index (κ3) is 9.01. The van der Waals surface area contributed by atoms with Gasteiger partial charge in [0.2, 0.25) is 0 Å². The van der Waals surface area contributed by atoms with Gasteiger partial charge < -0.3 is 0 Å². The second-order valence-corrected chi connectivity index (χ2v) is 0. The molecular weight excluding hydrogens is 152 g/mol. The van der Waals surface area contributed by atoms with Crippen LogP contribution in [0.25, 0.3) is 0 Å². The molecule has 0 aromatic heterocycles. The summed E-state index contributed by atoms with van der Waals surface area (Å²) in [4.78, 5) is 0. The molecule has 0 saturated heterocycles. The predicted molar refractivity (Wildman–Crippen MR) is 17.5 cm³/mol. The molecule has 0 saturated carbocycles. The molecule has 0 aliphatic rings. The van der Waals surface area contributed by atoms with E-state index in [-0.39, 0.29) is 57.2 Å². The molecule has 0 aromatic carbocycles. The summed E-state index contributed by atoms with van der Waals surface area (Å²) in [6.07, 6.45) is 0. The largest absolute Gasteiger partial charge is 0 e. The zero-order valence-electron chi connectivity index (χ0n) is 1.62. The minimum Gasteiger partial charge on any atom is 0 e. The van der Waals surface area contributed by atoms with Gasteiger partial charge in [-0.15, -0.1) is 0 Å². The van der Waals surface area contributed by atoms with Gasteiger partial charge >= 0.3 is 37.7 Å². The van der Waals surface area contributed by atoms with Crippen molar-refractivity contribution in [3.05, 3.63) is 0 Å². The summed E-state index contributed by atoms with van der Waals surface area (Å²) in [6, 6.07) is 0. The van der Waals surface area contributed by atoms with Gasteiger partial charge in [0.15, 0.2) is 0 Å². The van der Waals surface area contributed by atoms with Crippen LogP contribution < -0.4 is 0 Å². The third-order valence-corrected chi connectivity index (χ3v) is 0. The Labute approximate surface area is 69.9 Å². The van der Waals surface area contributed by atoms with Crippen LogP contribution in [-0.2, 0) is 24.0 Å². The van der Waals surface area contributed by atoms with Crippen LogP contribution in [0.2, 0.25) is 0 Å². The fourth-order valence-corrected chi connectivity index (χ4v) is 0. The molecule has 0 spiro atoms. The molecule has 4 heavy (non-hydrogen) atoms. The maximum Gasteiger partial charge on any atom is 0 e. The Kier molecular flexibility index (Phi) is 83.9. The summed E-state index contributed by atoms with van der Waals surface area (Å²) in [7, 11) is 1.72. The van der Waals surface area contributed by atoms with Gasteiger partial charge in [0.05, 0.1) is 0 Å². The van der Waals surface area contributed by atoms with E-state index in [9.17, 15) is 0 Å². The van der Waals surface area contributed by atoms with Crippen LogP contribution in [0.5, 0.6) is 0 Å². The monoisotopic (exact) mass is 154 g/mol. The molecule has 1 nitrogen and oxygen atoms in total. The third-order valence-electron chi connectivity index (χ3n) is 0. The minimum atomic E-state index is 0. The minimum absolute atomic E-state index is 0. The molecule has 0 N–H and O–H groups in total. The molecule has 0 heterocycles. The molecule has 0 rings (SSSR count). The van der Waals surface area contributed by atoms with Gasteiger partial charge in [0, 0.05) is 19.5 Å². The van der Waals surface area contributed by atoms with Gasteiger partial charge in [-0.05, 0) is 0 Å². The van der Waals surface area contributed by atoms with Crippen LogP contribution in [0.3, 0.4) is 0 Å². The zero-order chi connectivity index (χ0) is 2.00. The van der Waals surface area contributed by atoms with Crippen molar-refractivity contribution in [1.82, 2.24) is 0 Å². The average molecular weight is 155 g/mol. The fourth-order valence-electron chi connectivity index (χ4n) is 0. The first-order valence-corrected chi connectivity index (χ1v) is 0.612. The van der Waals surface area contributed by atoms with Gasteiger partial charge in [-0.3, -0.25) is 4.57 Å². The first kappa shape index (κ1) is 16.7. The summed E-state index contributed by atoms with van der Waals surface area (Å²) in [6.45, 7) is 0. The van der Waals surface area contributed by atoms with Crippen molar-refractivity contribution in [3.8, 4) is 0 Å². The fraction of sp³-hybridized carbons (Fsp3) is 0. The SMILES string of the molecule is O=P.[CaH2].[Zn]. The Balaban J connectivity index is -0.00000000500. The van der Waals surface area contributed by atoms with Crippen LogP contribution in [0.4, 0.5) is 0 Å². The van der Waals surface area contributed by atoms with E-state index in [1.54, 1.807) is 9.12 Å². The summed E-state index contributed by atoms with van der Waals surface area (Å²) in [5, 5.41) is 0. The molecule has 0 amide bonds. The maximum atomic E-state index is 8.06. The first-order valence-electron chi connectivity index (χ1n) is 0.204.